The van der Waals surface area contributed by atoms with Crippen molar-refractivity contribution in [2.24, 2.45) is 5.92 Å². The van der Waals surface area contributed by atoms with Crippen LogP contribution in [0, 0.1) is 5.92 Å². The summed E-state index contributed by atoms with van der Waals surface area (Å²) < 4.78 is 16.0. The maximum Gasteiger partial charge on any atom is 0.231 e. The van der Waals surface area contributed by atoms with Crippen molar-refractivity contribution >= 4 is 5.91 Å². The number of hydrogen-bond acceptors (Lipinski definition) is 5. The lowest BCUT2D eigenvalue weighted by Gasteiger charge is -2.19. The van der Waals surface area contributed by atoms with Gasteiger partial charge in [-0.2, -0.15) is 0 Å². The van der Waals surface area contributed by atoms with Crippen LogP contribution in [-0.2, 0) is 4.79 Å². The molecule has 2 aliphatic rings. The van der Waals surface area contributed by atoms with Crippen LogP contribution in [0.5, 0.6) is 17.2 Å². The lowest BCUT2D eigenvalue weighted by molar-refractivity contribution is -0.125. The number of aliphatic hydroxyl groups is 1. The molecule has 3 rings (SSSR count). The monoisotopic (exact) mass is 319 g/mol. The van der Waals surface area contributed by atoms with Crippen LogP contribution in [0.1, 0.15) is 19.3 Å². The van der Waals surface area contributed by atoms with Gasteiger partial charge in [0.1, 0.15) is 18.5 Å². The van der Waals surface area contributed by atoms with Crippen LogP contribution in [0.3, 0.4) is 0 Å². The summed E-state index contributed by atoms with van der Waals surface area (Å²) in [5.74, 6) is 1.93. The molecule has 124 valence electrons. The maximum absolute atomic E-state index is 12.0. The minimum atomic E-state index is -0.761. The molecule has 1 heterocycles. The molecule has 1 aromatic rings. The fourth-order valence-corrected chi connectivity index (χ4v) is 2.61. The summed E-state index contributed by atoms with van der Waals surface area (Å²) in [5.41, 5.74) is 0. The first-order valence-electron chi connectivity index (χ1n) is 7.85. The molecule has 0 unspecified atom stereocenters. The molecule has 0 aromatic heterocycles. The van der Waals surface area contributed by atoms with E-state index in [1.165, 1.54) is 0 Å². The average Bonchev–Trinajstić information content (AvgIpc) is 3.06. The van der Waals surface area contributed by atoms with Gasteiger partial charge >= 0.3 is 0 Å². The first-order chi connectivity index (χ1) is 11.2. The minimum absolute atomic E-state index is 0.00326. The van der Waals surface area contributed by atoms with Gasteiger partial charge < -0.3 is 24.6 Å². The molecule has 0 spiro atoms. The van der Waals surface area contributed by atoms with E-state index in [-0.39, 0.29) is 31.8 Å². The SMILES string of the molecule is O=C(NC[C@@H](O)COc1ccc2c(c1)OCO2)[C@@H]1CC=CCC1. The molecule has 0 bridgehead atoms. The van der Waals surface area contributed by atoms with Gasteiger partial charge in [0, 0.05) is 18.5 Å². The normalized spacial score (nSPS) is 20.1. The topological polar surface area (TPSA) is 77.0 Å². The number of benzene rings is 1. The highest BCUT2D eigenvalue weighted by Gasteiger charge is 2.19. The van der Waals surface area contributed by atoms with E-state index in [4.69, 9.17) is 14.2 Å². The summed E-state index contributed by atoms with van der Waals surface area (Å²) in [7, 11) is 0. The molecular formula is C17H21NO5. The van der Waals surface area contributed by atoms with Gasteiger partial charge in [0.15, 0.2) is 11.5 Å². The van der Waals surface area contributed by atoms with Gasteiger partial charge in [-0.3, -0.25) is 4.79 Å². The van der Waals surface area contributed by atoms with Crippen molar-refractivity contribution in [3.63, 3.8) is 0 Å². The molecule has 2 N–H and O–H groups in total. The van der Waals surface area contributed by atoms with Gasteiger partial charge in [-0.05, 0) is 31.4 Å². The van der Waals surface area contributed by atoms with Crippen molar-refractivity contribution in [3.8, 4) is 17.2 Å². The van der Waals surface area contributed by atoms with E-state index in [0.29, 0.717) is 17.2 Å². The van der Waals surface area contributed by atoms with Gasteiger partial charge in [0.2, 0.25) is 12.7 Å². The second-order valence-corrected chi connectivity index (χ2v) is 5.71. The van der Waals surface area contributed by atoms with Crippen molar-refractivity contribution in [2.45, 2.75) is 25.4 Å². The standard InChI is InChI=1S/C17H21NO5/c19-13(9-18-17(20)12-4-2-1-3-5-12)10-21-14-6-7-15-16(8-14)23-11-22-15/h1-2,6-8,12-13,19H,3-5,9-11H2,(H,18,20)/t12-,13-/m1/s1. The fraction of sp³-hybridized carbons (Fsp3) is 0.471. The summed E-state index contributed by atoms with van der Waals surface area (Å²) >= 11 is 0. The van der Waals surface area contributed by atoms with Crippen molar-refractivity contribution < 1.29 is 24.1 Å². The molecule has 0 saturated heterocycles. The first kappa shape index (κ1) is 15.7. The number of allylic oxidation sites excluding steroid dienone is 2. The molecule has 6 nitrogen and oxygen atoms in total. The Labute approximate surface area is 135 Å². The Morgan fingerprint density at radius 3 is 3.04 bits per heavy atom. The smallest absolute Gasteiger partial charge is 0.231 e. The second kappa shape index (κ2) is 7.37. The van der Waals surface area contributed by atoms with E-state index in [0.717, 1.165) is 19.3 Å². The van der Waals surface area contributed by atoms with Gasteiger partial charge in [-0.15, -0.1) is 0 Å². The van der Waals surface area contributed by atoms with Gasteiger partial charge in [0.25, 0.3) is 0 Å². The summed E-state index contributed by atoms with van der Waals surface area (Å²) in [5, 5.41) is 12.7. The van der Waals surface area contributed by atoms with Crippen LogP contribution in [0.25, 0.3) is 0 Å². The summed E-state index contributed by atoms with van der Waals surface area (Å²) in [6, 6.07) is 5.25. The summed E-state index contributed by atoms with van der Waals surface area (Å²) in [6.07, 6.45) is 5.95. The largest absolute Gasteiger partial charge is 0.491 e. The van der Waals surface area contributed by atoms with E-state index in [1.807, 2.05) is 6.08 Å². The van der Waals surface area contributed by atoms with E-state index in [2.05, 4.69) is 11.4 Å². The fourth-order valence-electron chi connectivity index (χ4n) is 2.61. The molecule has 1 amide bonds. The number of ether oxygens (including phenoxy) is 3. The van der Waals surface area contributed by atoms with Crippen LogP contribution in [0.15, 0.2) is 30.4 Å². The van der Waals surface area contributed by atoms with Crippen molar-refractivity contribution in [2.75, 3.05) is 19.9 Å². The van der Waals surface area contributed by atoms with Crippen LogP contribution in [0.2, 0.25) is 0 Å². The van der Waals surface area contributed by atoms with E-state index >= 15 is 0 Å². The summed E-state index contributed by atoms with van der Waals surface area (Å²) in [6.45, 7) is 0.498. The third-order valence-electron chi connectivity index (χ3n) is 3.94. The Morgan fingerprint density at radius 2 is 2.22 bits per heavy atom. The predicted octanol–water partition coefficient (Wildman–Crippen LogP) is 1.63. The molecule has 1 aliphatic heterocycles. The van der Waals surface area contributed by atoms with Crippen molar-refractivity contribution in [1.29, 1.82) is 0 Å². The number of hydrogen-bond donors (Lipinski definition) is 2. The molecule has 2 atom stereocenters. The molecule has 6 heteroatoms. The quantitative estimate of drug-likeness (QED) is 0.779. The van der Waals surface area contributed by atoms with Crippen LogP contribution in [0.4, 0.5) is 0 Å². The molecule has 23 heavy (non-hydrogen) atoms. The van der Waals surface area contributed by atoms with Crippen LogP contribution in [-0.4, -0.2) is 37.1 Å². The highest BCUT2D eigenvalue weighted by molar-refractivity contribution is 5.78. The molecule has 0 radical (unpaired) electrons. The first-order valence-corrected chi connectivity index (χ1v) is 7.85. The zero-order chi connectivity index (χ0) is 16.1. The lowest BCUT2D eigenvalue weighted by atomic mass is 9.94. The van der Waals surface area contributed by atoms with Gasteiger partial charge in [-0.25, -0.2) is 0 Å². The zero-order valence-electron chi connectivity index (χ0n) is 12.9. The molecule has 1 aliphatic carbocycles. The average molecular weight is 319 g/mol. The predicted molar refractivity (Wildman–Crippen MR) is 83.6 cm³/mol. The van der Waals surface area contributed by atoms with E-state index in [9.17, 15) is 9.90 Å². The Balaban J connectivity index is 1.40. The van der Waals surface area contributed by atoms with Crippen LogP contribution >= 0.6 is 0 Å². The van der Waals surface area contributed by atoms with E-state index < -0.39 is 6.10 Å². The third kappa shape index (κ3) is 4.16. The Hall–Kier alpha value is -2.21. The number of fused-ring (bicyclic) bond motifs is 1. The zero-order valence-corrected chi connectivity index (χ0v) is 12.9. The Morgan fingerprint density at radius 1 is 1.35 bits per heavy atom. The molecule has 0 fully saturated rings. The molecular weight excluding hydrogens is 298 g/mol. The number of nitrogens with one attached hydrogen (secondary N) is 1. The number of aliphatic hydroxyl groups excluding tert-OH is 1. The highest BCUT2D eigenvalue weighted by Crippen LogP contribution is 2.35. The third-order valence-corrected chi connectivity index (χ3v) is 3.94. The minimum Gasteiger partial charge on any atom is -0.491 e. The Bertz CT molecular complexity index is 586. The number of carbonyl (C=O) groups excluding carboxylic acids is 1. The Kier molecular flexibility index (Phi) is 5.02. The van der Waals surface area contributed by atoms with Gasteiger partial charge in [0.05, 0.1) is 0 Å². The highest BCUT2D eigenvalue weighted by atomic mass is 16.7. The second-order valence-electron chi connectivity index (χ2n) is 5.71. The number of rotatable bonds is 6. The maximum atomic E-state index is 12.0. The van der Waals surface area contributed by atoms with Crippen molar-refractivity contribution in [1.82, 2.24) is 5.32 Å². The lowest BCUT2D eigenvalue weighted by Crippen LogP contribution is -2.38. The van der Waals surface area contributed by atoms with Crippen LogP contribution < -0.4 is 19.5 Å². The number of amides is 1. The van der Waals surface area contributed by atoms with E-state index in [1.54, 1.807) is 18.2 Å². The van der Waals surface area contributed by atoms with Crippen molar-refractivity contribution in [3.05, 3.63) is 30.4 Å². The molecule has 0 saturated carbocycles. The molecule has 1 aromatic carbocycles. The number of carbonyl (C=O) groups is 1. The van der Waals surface area contributed by atoms with Gasteiger partial charge in [-0.1, -0.05) is 12.2 Å². The summed E-state index contributed by atoms with van der Waals surface area (Å²) in [4.78, 5) is 12.0.